The number of rotatable bonds is 4. The van der Waals surface area contributed by atoms with Crippen LogP contribution in [0.3, 0.4) is 0 Å². The third kappa shape index (κ3) is 3.26. The highest BCUT2D eigenvalue weighted by molar-refractivity contribution is 9.10. The fourth-order valence-corrected chi connectivity index (χ4v) is 2.62. The van der Waals surface area contributed by atoms with Crippen LogP contribution in [-0.4, -0.2) is 6.54 Å². The standard InChI is InChI=1S/C17H20BrN/c1-4-19-17(15-8-6-5-7-12(15)2)14-9-10-16(18)13(3)11-14/h5-11,17,19H,4H2,1-3H3. The SMILES string of the molecule is CCNC(c1ccc(Br)c(C)c1)c1ccccc1C. The predicted molar refractivity (Wildman–Crippen MR) is 85.6 cm³/mol. The lowest BCUT2D eigenvalue weighted by atomic mass is 9.94. The largest absolute Gasteiger partial charge is 0.307 e. The molecule has 0 radical (unpaired) electrons. The molecule has 1 N–H and O–H groups in total. The third-order valence-corrected chi connectivity index (χ3v) is 4.31. The summed E-state index contributed by atoms with van der Waals surface area (Å²) < 4.78 is 1.16. The number of nitrogens with one attached hydrogen (secondary N) is 1. The van der Waals surface area contributed by atoms with E-state index >= 15 is 0 Å². The van der Waals surface area contributed by atoms with Crippen molar-refractivity contribution in [2.75, 3.05) is 6.54 Å². The molecule has 2 aromatic rings. The van der Waals surface area contributed by atoms with Crippen LogP contribution < -0.4 is 5.32 Å². The maximum absolute atomic E-state index is 3.59. The second-order valence-electron chi connectivity index (χ2n) is 4.86. The van der Waals surface area contributed by atoms with E-state index in [-0.39, 0.29) is 6.04 Å². The van der Waals surface area contributed by atoms with Gasteiger partial charge in [-0.05, 0) is 48.7 Å². The molecule has 0 saturated heterocycles. The molecule has 1 atom stereocenters. The highest BCUT2D eigenvalue weighted by atomic mass is 79.9. The van der Waals surface area contributed by atoms with Crippen LogP contribution in [0.2, 0.25) is 0 Å². The molecule has 0 aliphatic carbocycles. The zero-order valence-electron chi connectivity index (χ0n) is 11.7. The summed E-state index contributed by atoms with van der Waals surface area (Å²) in [6.07, 6.45) is 0. The van der Waals surface area contributed by atoms with Gasteiger partial charge in [-0.2, -0.15) is 0 Å². The van der Waals surface area contributed by atoms with Crippen molar-refractivity contribution in [3.8, 4) is 0 Å². The quantitative estimate of drug-likeness (QED) is 0.856. The first-order valence-electron chi connectivity index (χ1n) is 6.68. The lowest BCUT2D eigenvalue weighted by molar-refractivity contribution is 0.627. The number of benzene rings is 2. The van der Waals surface area contributed by atoms with Gasteiger partial charge in [0.05, 0.1) is 6.04 Å². The van der Waals surface area contributed by atoms with E-state index in [1.807, 2.05) is 0 Å². The van der Waals surface area contributed by atoms with E-state index in [2.05, 4.69) is 84.5 Å². The molecule has 0 aromatic heterocycles. The van der Waals surface area contributed by atoms with E-state index in [0.29, 0.717) is 0 Å². The van der Waals surface area contributed by atoms with Crippen molar-refractivity contribution in [2.24, 2.45) is 0 Å². The minimum absolute atomic E-state index is 0.262. The lowest BCUT2D eigenvalue weighted by Gasteiger charge is -2.21. The van der Waals surface area contributed by atoms with Crippen LogP contribution in [0.4, 0.5) is 0 Å². The Morgan fingerprint density at radius 1 is 1.05 bits per heavy atom. The predicted octanol–water partition coefficient (Wildman–Crippen LogP) is 4.76. The highest BCUT2D eigenvalue weighted by Gasteiger charge is 2.15. The first-order valence-corrected chi connectivity index (χ1v) is 7.47. The van der Waals surface area contributed by atoms with E-state index in [0.717, 1.165) is 11.0 Å². The molecule has 2 aromatic carbocycles. The maximum Gasteiger partial charge on any atom is 0.0579 e. The van der Waals surface area contributed by atoms with Gasteiger partial charge in [0.2, 0.25) is 0 Å². The Labute approximate surface area is 124 Å². The summed E-state index contributed by atoms with van der Waals surface area (Å²) in [4.78, 5) is 0. The Morgan fingerprint density at radius 3 is 2.42 bits per heavy atom. The summed E-state index contributed by atoms with van der Waals surface area (Å²) in [6, 6.07) is 15.4. The van der Waals surface area contributed by atoms with Gasteiger partial charge >= 0.3 is 0 Å². The zero-order chi connectivity index (χ0) is 13.8. The molecule has 1 unspecified atom stereocenters. The number of halogens is 1. The van der Waals surface area contributed by atoms with Gasteiger partial charge in [0, 0.05) is 4.47 Å². The Balaban J connectivity index is 2.45. The molecule has 100 valence electrons. The van der Waals surface area contributed by atoms with Crippen molar-refractivity contribution in [1.82, 2.24) is 5.32 Å². The Morgan fingerprint density at radius 2 is 1.79 bits per heavy atom. The van der Waals surface area contributed by atoms with E-state index in [9.17, 15) is 0 Å². The van der Waals surface area contributed by atoms with Gasteiger partial charge in [-0.3, -0.25) is 0 Å². The number of hydrogen-bond acceptors (Lipinski definition) is 1. The molecule has 2 heteroatoms. The maximum atomic E-state index is 3.59. The molecule has 0 spiro atoms. The van der Waals surface area contributed by atoms with Gasteiger partial charge in [-0.1, -0.05) is 59.3 Å². The fraction of sp³-hybridized carbons (Fsp3) is 0.294. The molecule has 0 bridgehead atoms. The average molecular weight is 318 g/mol. The van der Waals surface area contributed by atoms with Crippen molar-refractivity contribution >= 4 is 15.9 Å². The molecule has 0 saturated carbocycles. The molecule has 0 aliphatic rings. The monoisotopic (exact) mass is 317 g/mol. The van der Waals surface area contributed by atoms with Crippen molar-refractivity contribution in [3.63, 3.8) is 0 Å². The molecule has 0 fully saturated rings. The molecule has 1 nitrogen and oxygen atoms in total. The van der Waals surface area contributed by atoms with Crippen LogP contribution in [0.15, 0.2) is 46.9 Å². The normalized spacial score (nSPS) is 12.4. The molecule has 2 rings (SSSR count). The summed E-state index contributed by atoms with van der Waals surface area (Å²) in [5.41, 5.74) is 5.27. The first-order chi connectivity index (χ1) is 9.13. The third-order valence-electron chi connectivity index (χ3n) is 3.42. The van der Waals surface area contributed by atoms with Crippen LogP contribution in [0.1, 0.15) is 35.2 Å². The Hall–Kier alpha value is -1.12. The number of hydrogen-bond donors (Lipinski definition) is 1. The summed E-state index contributed by atoms with van der Waals surface area (Å²) in [5, 5.41) is 3.59. The second kappa shape index (κ2) is 6.36. The van der Waals surface area contributed by atoms with Crippen LogP contribution in [0.25, 0.3) is 0 Å². The van der Waals surface area contributed by atoms with E-state index in [1.165, 1.54) is 22.3 Å². The molecule has 0 aliphatic heterocycles. The summed E-state index contributed by atoms with van der Waals surface area (Å²) in [7, 11) is 0. The van der Waals surface area contributed by atoms with Gasteiger partial charge < -0.3 is 5.32 Å². The van der Waals surface area contributed by atoms with Crippen LogP contribution in [0.5, 0.6) is 0 Å². The Kier molecular flexibility index (Phi) is 4.78. The fourth-order valence-electron chi connectivity index (χ4n) is 2.37. The Bertz CT molecular complexity index is 563. The van der Waals surface area contributed by atoms with Crippen molar-refractivity contribution in [3.05, 3.63) is 69.2 Å². The van der Waals surface area contributed by atoms with Gasteiger partial charge in [0.1, 0.15) is 0 Å². The van der Waals surface area contributed by atoms with Gasteiger partial charge in [-0.25, -0.2) is 0 Å². The minimum atomic E-state index is 0.262. The second-order valence-corrected chi connectivity index (χ2v) is 5.71. The molecule has 0 amide bonds. The van der Waals surface area contributed by atoms with Gasteiger partial charge in [0.25, 0.3) is 0 Å². The average Bonchev–Trinajstić information content (AvgIpc) is 2.40. The van der Waals surface area contributed by atoms with E-state index < -0.39 is 0 Å². The smallest absolute Gasteiger partial charge is 0.0579 e. The van der Waals surface area contributed by atoms with Crippen LogP contribution in [-0.2, 0) is 0 Å². The summed E-state index contributed by atoms with van der Waals surface area (Å²) >= 11 is 3.57. The topological polar surface area (TPSA) is 12.0 Å². The molecule has 0 heterocycles. The summed E-state index contributed by atoms with van der Waals surface area (Å²) in [6.45, 7) is 7.41. The van der Waals surface area contributed by atoms with Crippen LogP contribution in [0, 0.1) is 13.8 Å². The highest BCUT2D eigenvalue weighted by Crippen LogP contribution is 2.27. The van der Waals surface area contributed by atoms with E-state index in [1.54, 1.807) is 0 Å². The van der Waals surface area contributed by atoms with Crippen molar-refractivity contribution in [2.45, 2.75) is 26.8 Å². The summed E-state index contributed by atoms with van der Waals surface area (Å²) in [5.74, 6) is 0. The number of aryl methyl sites for hydroxylation is 2. The van der Waals surface area contributed by atoms with Gasteiger partial charge in [0.15, 0.2) is 0 Å². The van der Waals surface area contributed by atoms with E-state index in [4.69, 9.17) is 0 Å². The van der Waals surface area contributed by atoms with Gasteiger partial charge in [-0.15, -0.1) is 0 Å². The van der Waals surface area contributed by atoms with Crippen LogP contribution >= 0.6 is 15.9 Å². The zero-order valence-corrected chi connectivity index (χ0v) is 13.3. The first kappa shape index (κ1) is 14.3. The molecular weight excluding hydrogens is 298 g/mol. The molecule has 19 heavy (non-hydrogen) atoms. The minimum Gasteiger partial charge on any atom is -0.307 e. The lowest BCUT2D eigenvalue weighted by Crippen LogP contribution is -2.22. The van der Waals surface area contributed by atoms with Crippen molar-refractivity contribution < 1.29 is 0 Å². The molecular formula is C17H20BrN. The van der Waals surface area contributed by atoms with Crippen molar-refractivity contribution in [1.29, 1.82) is 0 Å².